The highest BCUT2D eigenvalue weighted by atomic mass is 16.1. The second-order valence-electron chi connectivity index (χ2n) is 2.96. The van der Waals surface area contributed by atoms with Crippen molar-refractivity contribution in [1.29, 1.82) is 5.26 Å². The third-order valence-corrected chi connectivity index (χ3v) is 1.81. The molecule has 14 heavy (non-hydrogen) atoms. The molecule has 0 radical (unpaired) electrons. The minimum atomic E-state index is -0.179. The fourth-order valence-corrected chi connectivity index (χ4v) is 1.24. The smallest absolute Gasteiger partial charge is 0.231 e. The molecule has 6 nitrogen and oxygen atoms in total. The predicted octanol–water partition coefficient (Wildman–Crippen LogP) is 0.321. The molecule has 1 N–H and O–H groups in total. The Morgan fingerprint density at radius 2 is 2.50 bits per heavy atom. The summed E-state index contributed by atoms with van der Waals surface area (Å²) in [7, 11) is 0. The number of hydrogen-bond donors (Lipinski definition) is 1. The fourth-order valence-electron chi connectivity index (χ4n) is 1.24. The molecule has 1 aliphatic heterocycles. The first-order valence-corrected chi connectivity index (χ1v) is 4.02. The minimum Gasteiger partial charge on any atom is -0.308 e. The zero-order valence-electron chi connectivity index (χ0n) is 7.48. The van der Waals surface area contributed by atoms with E-state index in [2.05, 4.69) is 15.4 Å². The lowest BCUT2D eigenvalue weighted by Gasteiger charge is -1.99. The Bertz CT molecular complexity index is 465. The summed E-state index contributed by atoms with van der Waals surface area (Å²) in [5, 5.41) is 15.4. The molecule has 0 atom stereocenters. The molecule has 1 aromatic rings. The number of nitrogens with one attached hydrogen (secondary N) is 1. The Morgan fingerprint density at radius 1 is 1.71 bits per heavy atom. The standard InChI is InChI=1S/C8H7N5O/c1-5-2-7(14)11-8-6(3-9)10-4-13(8)12-5/h4H,2H2,1H3,(H,11,14). The number of anilines is 1. The van der Waals surface area contributed by atoms with Crippen molar-refractivity contribution in [2.24, 2.45) is 5.10 Å². The fraction of sp³-hybridized carbons (Fsp3) is 0.250. The van der Waals surface area contributed by atoms with Gasteiger partial charge in [-0.25, -0.2) is 9.66 Å². The molecule has 0 unspecified atom stereocenters. The van der Waals surface area contributed by atoms with Crippen LogP contribution < -0.4 is 5.32 Å². The van der Waals surface area contributed by atoms with E-state index in [0.717, 1.165) is 0 Å². The molecule has 2 heterocycles. The average molecular weight is 189 g/mol. The summed E-state index contributed by atoms with van der Waals surface area (Å²) in [5.74, 6) is 0.163. The van der Waals surface area contributed by atoms with Gasteiger partial charge in [0, 0.05) is 5.71 Å². The van der Waals surface area contributed by atoms with Gasteiger partial charge < -0.3 is 5.32 Å². The van der Waals surface area contributed by atoms with Crippen LogP contribution in [0.3, 0.4) is 0 Å². The maximum Gasteiger partial charge on any atom is 0.231 e. The van der Waals surface area contributed by atoms with Crippen LogP contribution in [-0.2, 0) is 4.79 Å². The summed E-state index contributed by atoms with van der Waals surface area (Å²) < 4.78 is 1.40. The number of rotatable bonds is 0. The van der Waals surface area contributed by atoms with Crippen LogP contribution in [0.2, 0.25) is 0 Å². The van der Waals surface area contributed by atoms with Crippen LogP contribution in [0.4, 0.5) is 5.82 Å². The molecular weight excluding hydrogens is 182 g/mol. The van der Waals surface area contributed by atoms with E-state index >= 15 is 0 Å². The van der Waals surface area contributed by atoms with Gasteiger partial charge in [-0.05, 0) is 6.92 Å². The zero-order chi connectivity index (χ0) is 10.1. The van der Waals surface area contributed by atoms with E-state index in [1.54, 1.807) is 6.92 Å². The van der Waals surface area contributed by atoms with Gasteiger partial charge in [0.2, 0.25) is 5.91 Å². The van der Waals surface area contributed by atoms with Crippen LogP contribution in [0.25, 0.3) is 0 Å². The lowest BCUT2D eigenvalue weighted by Crippen LogP contribution is -2.13. The lowest BCUT2D eigenvalue weighted by atomic mass is 10.3. The van der Waals surface area contributed by atoms with E-state index in [1.807, 2.05) is 6.07 Å². The van der Waals surface area contributed by atoms with Gasteiger partial charge in [0.15, 0.2) is 11.5 Å². The number of hydrogen-bond acceptors (Lipinski definition) is 4. The second kappa shape index (κ2) is 2.96. The van der Waals surface area contributed by atoms with Crippen molar-refractivity contribution in [2.75, 3.05) is 5.32 Å². The summed E-state index contributed by atoms with van der Waals surface area (Å²) in [6.45, 7) is 1.75. The first-order chi connectivity index (χ1) is 6.70. The molecule has 0 saturated carbocycles. The average Bonchev–Trinajstić information content (AvgIpc) is 2.41. The van der Waals surface area contributed by atoms with Gasteiger partial charge in [-0.15, -0.1) is 0 Å². The second-order valence-corrected chi connectivity index (χ2v) is 2.96. The minimum absolute atomic E-state index is 0.178. The predicted molar refractivity (Wildman–Crippen MR) is 48.7 cm³/mol. The Morgan fingerprint density at radius 3 is 3.21 bits per heavy atom. The van der Waals surface area contributed by atoms with E-state index in [9.17, 15) is 4.79 Å². The van der Waals surface area contributed by atoms with Crippen molar-refractivity contribution in [3.63, 3.8) is 0 Å². The Hall–Kier alpha value is -2.16. The number of carbonyl (C=O) groups excluding carboxylic acids is 1. The number of carbonyl (C=O) groups is 1. The van der Waals surface area contributed by atoms with Crippen molar-refractivity contribution in [1.82, 2.24) is 9.66 Å². The van der Waals surface area contributed by atoms with Crippen molar-refractivity contribution in [3.05, 3.63) is 12.0 Å². The SMILES string of the molecule is CC1=Nn2cnc(C#N)c2NC(=O)C1. The molecule has 0 saturated heterocycles. The zero-order valence-corrected chi connectivity index (χ0v) is 7.48. The molecule has 0 aromatic carbocycles. The van der Waals surface area contributed by atoms with Crippen molar-refractivity contribution in [3.8, 4) is 6.07 Å². The highest BCUT2D eigenvalue weighted by Crippen LogP contribution is 2.16. The number of nitrogens with zero attached hydrogens (tertiary/aromatic N) is 4. The van der Waals surface area contributed by atoms with Gasteiger partial charge in [0.1, 0.15) is 12.4 Å². The van der Waals surface area contributed by atoms with E-state index < -0.39 is 0 Å². The molecule has 1 amide bonds. The maximum atomic E-state index is 11.3. The molecule has 1 aromatic heterocycles. The first-order valence-electron chi connectivity index (χ1n) is 4.02. The highest BCUT2D eigenvalue weighted by Gasteiger charge is 2.17. The molecular formula is C8H7N5O. The van der Waals surface area contributed by atoms with Crippen molar-refractivity contribution < 1.29 is 4.79 Å². The molecule has 0 spiro atoms. The quantitative estimate of drug-likeness (QED) is 0.637. The number of imidazole rings is 1. The monoisotopic (exact) mass is 189 g/mol. The van der Waals surface area contributed by atoms with Gasteiger partial charge in [-0.3, -0.25) is 4.79 Å². The van der Waals surface area contributed by atoms with Gasteiger partial charge in [0.25, 0.3) is 0 Å². The molecule has 70 valence electrons. The summed E-state index contributed by atoms with van der Waals surface area (Å²) >= 11 is 0. The van der Waals surface area contributed by atoms with Gasteiger partial charge in [-0.2, -0.15) is 10.4 Å². The third-order valence-electron chi connectivity index (χ3n) is 1.81. The lowest BCUT2D eigenvalue weighted by molar-refractivity contribution is -0.115. The molecule has 2 rings (SSSR count). The Labute approximate surface area is 79.9 Å². The van der Waals surface area contributed by atoms with E-state index in [1.165, 1.54) is 11.0 Å². The van der Waals surface area contributed by atoms with Crippen LogP contribution in [0.15, 0.2) is 11.4 Å². The van der Waals surface area contributed by atoms with Gasteiger partial charge in [-0.1, -0.05) is 0 Å². The van der Waals surface area contributed by atoms with Gasteiger partial charge in [0.05, 0.1) is 6.42 Å². The van der Waals surface area contributed by atoms with Crippen LogP contribution >= 0.6 is 0 Å². The van der Waals surface area contributed by atoms with E-state index in [4.69, 9.17) is 5.26 Å². The number of fused-ring (bicyclic) bond motifs is 1. The van der Waals surface area contributed by atoms with E-state index in [-0.39, 0.29) is 18.0 Å². The summed E-state index contributed by atoms with van der Waals surface area (Å²) in [6, 6.07) is 1.88. The molecule has 1 aliphatic rings. The number of nitriles is 1. The number of amides is 1. The normalized spacial score (nSPS) is 14.9. The van der Waals surface area contributed by atoms with Crippen LogP contribution in [0, 0.1) is 11.3 Å². The number of aromatic nitrogens is 2. The summed E-state index contributed by atoms with van der Waals surface area (Å²) in [6.07, 6.45) is 1.65. The Kier molecular flexibility index (Phi) is 1.78. The molecule has 6 heteroatoms. The van der Waals surface area contributed by atoms with Gasteiger partial charge >= 0.3 is 0 Å². The molecule has 0 aliphatic carbocycles. The third kappa shape index (κ3) is 1.25. The van der Waals surface area contributed by atoms with Crippen molar-refractivity contribution >= 4 is 17.4 Å². The first kappa shape index (κ1) is 8.44. The Balaban J connectivity index is 2.57. The van der Waals surface area contributed by atoms with Crippen LogP contribution in [0.1, 0.15) is 19.0 Å². The highest BCUT2D eigenvalue weighted by molar-refractivity contribution is 6.06. The van der Waals surface area contributed by atoms with Crippen molar-refractivity contribution in [2.45, 2.75) is 13.3 Å². The summed E-state index contributed by atoms with van der Waals surface area (Å²) in [5.41, 5.74) is 0.861. The maximum absolute atomic E-state index is 11.3. The largest absolute Gasteiger partial charge is 0.308 e. The molecule has 0 fully saturated rings. The van der Waals surface area contributed by atoms with Crippen LogP contribution in [0.5, 0.6) is 0 Å². The topological polar surface area (TPSA) is 83.1 Å². The van der Waals surface area contributed by atoms with Crippen LogP contribution in [-0.4, -0.2) is 21.3 Å². The molecule has 0 bridgehead atoms. The van der Waals surface area contributed by atoms with E-state index in [0.29, 0.717) is 11.5 Å². The summed E-state index contributed by atoms with van der Waals surface area (Å²) in [4.78, 5) is 15.1.